The first-order chi connectivity index (χ1) is 19.9. The Labute approximate surface area is 251 Å². The quantitative estimate of drug-likeness (QED) is 0.296. The molecule has 2 atom stereocenters. The highest BCUT2D eigenvalue weighted by atomic mass is 79.9. The number of nitrogens with zero attached hydrogens (tertiary/aromatic N) is 3. The van der Waals surface area contributed by atoms with Crippen molar-refractivity contribution in [2.45, 2.75) is 82.7 Å². The highest BCUT2D eigenvalue weighted by Gasteiger charge is 2.32. The first kappa shape index (κ1) is 28.4. The second kappa shape index (κ2) is 12.3. The van der Waals surface area contributed by atoms with Crippen LogP contribution in [0.4, 0.5) is 0 Å². The number of imide groups is 1. The van der Waals surface area contributed by atoms with Crippen LogP contribution in [0.5, 0.6) is 5.75 Å². The van der Waals surface area contributed by atoms with E-state index < -0.39 is 0 Å². The number of nitrogens with one attached hydrogen (secondary N) is 1. The lowest BCUT2D eigenvalue weighted by Crippen LogP contribution is -2.39. The third-order valence-corrected chi connectivity index (χ3v) is 10.5. The van der Waals surface area contributed by atoms with Crippen molar-refractivity contribution in [3.63, 3.8) is 0 Å². The number of aryl methyl sites for hydroxylation is 1. The van der Waals surface area contributed by atoms with Crippen molar-refractivity contribution in [2.75, 3.05) is 19.6 Å². The van der Waals surface area contributed by atoms with Gasteiger partial charge in [0.15, 0.2) is 0 Å². The van der Waals surface area contributed by atoms with Gasteiger partial charge in [-0.05, 0) is 107 Å². The fourth-order valence-electron chi connectivity index (χ4n) is 7.11. The molecule has 41 heavy (non-hydrogen) atoms. The molecule has 0 radical (unpaired) electrons. The molecular weight excluding hydrogens is 580 g/mol. The molecule has 1 saturated carbocycles. The number of rotatable bonds is 8. The number of likely N-dealkylation sites (tertiary alicyclic amines) is 1. The summed E-state index contributed by atoms with van der Waals surface area (Å²) in [5, 5.41) is 8.21. The van der Waals surface area contributed by atoms with Crippen molar-refractivity contribution in [2.24, 2.45) is 13.0 Å². The molecule has 3 fully saturated rings. The number of aromatic nitrogens is 2. The molecule has 6 rings (SSSR count). The Balaban J connectivity index is 0.973. The summed E-state index contributed by atoms with van der Waals surface area (Å²) in [7, 11) is 1.95. The van der Waals surface area contributed by atoms with Crippen molar-refractivity contribution in [1.82, 2.24) is 20.0 Å². The summed E-state index contributed by atoms with van der Waals surface area (Å²) in [4.78, 5) is 26.7. The van der Waals surface area contributed by atoms with Crippen LogP contribution in [0.15, 0.2) is 40.9 Å². The van der Waals surface area contributed by atoms with E-state index >= 15 is 0 Å². The number of hydrogen-bond donors (Lipinski definition) is 1. The van der Waals surface area contributed by atoms with Gasteiger partial charge in [0.05, 0.1) is 23.2 Å². The van der Waals surface area contributed by atoms with E-state index in [2.05, 4.69) is 69.5 Å². The van der Waals surface area contributed by atoms with E-state index in [4.69, 9.17) is 9.84 Å². The van der Waals surface area contributed by atoms with E-state index in [1.54, 1.807) is 0 Å². The molecule has 3 aliphatic rings. The summed E-state index contributed by atoms with van der Waals surface area (Å²) in [6.07, 6.45) is 9.85. The maximum absolute atomic E-state index is 12.5. The second-order valence-electron chi connectivity index (χ2n) is 12.3. The Hall–Kier alpha value is -2.71. The largest absolute Gasteiger partial charge is 0.490 e. The van der Waals surface area contributed by atoms with Gasteiger partial charge in [0.25, 0.3) is 0 Å². The summed E-state index contributed by atoms with van der Waals surface area (Å²) in [5.74, 6) is 1.59. The van der Waals surface area contributed by atoms with Gasteiger partial charge in [-0.2, -0.15) is 5.10 Å². The standard InChI is InChI=1S/C33H41BrN4O3/c1-21-28(34)6-3-7-30(21)41-25-11-8-22(9-12-25)5-4-17-38-18-16-24(20-38)23-10-13-26-29(19-23)37(2)36-32(26)27-14-15-31(39)35-33(27)40/h3,6-7,10,13,19,22,24-25,27H,4-5,8-9,11-12,14-18,20H2,1-2H3,(H,35,39,40)/t22-,24-,25-,27+/m0/s1. The summed E-state index contributed by atoms with van der Waals surface area (Å²) < 4.78 is 9.36. The fraction of sp³-hybridized carbons (Fsp3) is 0.545. The highest BCUT2D eigenvalue weighted by molar-refractivity contribution is 9.10. The number of carbonyl (C=O) groups excluding carboxylic acids is 2. The minimum Gasteiger partial charge on any atom is -0.490 e. The summed E-state index contributed by atoms with van der Waals surface area (Å²) in [6.45, 7) is 5.56. The number of fused-ring (bicyclic) bond motifs is 1. The Bertz CT molecular complexity index is 1430. The van der Waals surface area contributed by atoms with Gasteiger partial charge in [-0.15, -0.1) is 0 Å². The predicted octanol–water partition coefficient (Wildman–Crippen LogP) is 6.37. The van der Waals surface area contributed by atoms with Crippen molar-refractivity contribution < 1.29 is 14.3 Å². The molecule has 2 aliphatic heterocycles. The van der Waals surface area contributed by atoms with E-state index in [-0.39, 0.29) is 17.7 Å². The van der Waals surface area contributed by atoms with Crippen LogP contribution < -0.4 is 10.1 Å². The lowest BCUT2D eigenvalue weighted by molar-refractivity contribution is -0.134. The zero-order valence-electron chi connectivity index (χ0n) is 24.2. The van der Waals surface area contributed by atoms with Crippen molar-refractivity contribution in [3.8, 4) is 5.75 Å². The number of ether oxygens (including phenoxy) is 1. The second-order valence-corrected chi connectivity index (χ2v) is 13.2. The Morgan fingerprint density at radius 3 is 2.71 bits per heavy atom. The number of hydrogen-bond acceptors (Lipinski definition) is 5. The fourth-order valence-corrected chi connectivity index (χ4v) is 7.46. The zero-order valence-corrected chi connectivity index (χ0v) is 25.8. The molecule has 1 aliphatic carbocycles. The van der Waals surface area contributed by atoms with E-state index in [1.807, 2.05) is 11.7 Å². The molecule has 0 spiro atoms. The Morgan fingerprint density at radius 2 is 1.90 bits per heavy atom. The van der Waals surface area contributed by atoms with E-state index in [9.17, 15) is 9.59 Å². The topological polar surface area (TPSA) is 76.5 Å². The van der Waals surface area contributed by atoms with Crippen LogP contribution in [0.1, 0.15) is 86.4 Å². The van der Waals surface area contributed by atoms with Gasteiger partial charge in [-0.3, -0.25) is 19.6 Å². The lowest BCUT2D eigenvalue weighted by Gasteiger charge is -2.30. The minimum absolute atomic E-state index is 0.191. The van der Waals surface area contributed by atoms with Gasteiger partial charge < -0.3 is 9.64 Å². The lowest BCUT2D eigenvalue weighted by atomic mass is 9.84. The number of piperidine rings is 1. The normalized spacial score (nSPS) is 25.5. The van der Waals surface area contributed by atoms with E-state index in [0.29, 0.717) is 24.9 Å². The van der Waals surface area contributed by atoms with Gasteiger partial charge >= 0.3 is 0 Å². The number of halogens is 1. The molecule has 218 valence electrons. The van der Waals surface area contributed by atoms with Crippen LogP contribution >= 0.6 is 15.9 Å². The average Bonchev–Trinajstić information content (AvgIpc) is 3.56. The summed E-state index contributed by atoms with van der Waals surface area (Å²) >= 11 is 3.62. The van der Waals surface area contributed by atoms with Gasteiger partial charge in [-0.25, -0.2) is 0 Å². The van der Waals surface area contributed by atoms with Crippen LogP contribution in [0.2, 0.25) is 0 Å². The first-order valence-electron chi connectivity index (χ1n) is 15.3. The van der Waals surface area contributed by atoms with Crippen LogP contribution in [0, 0.1) is 12.8 Å². The van der Waals surface area contributed by atoms with Crippen molar-refractivity contribution >= 4 is 38.6 Å². The SMILES string of the molecule is Cc1c(Br)cccc1O[C@H]1CC[C@H](CCCN2CC[C@H](c3ccc4c([C@H]5CCC(=O)NC5=O)nn(C)c4c3)C2)CC1. The molecule has 0 unspecified atom stereocenters. The zero-order chi connectivity index (χ0) is 28.5. The summed E-state index contributed by atoms with van der Waals surface area (Å²) in [5.41, 5.74) is 4.40. The van der Waals surface area contributed by atoms with E-state index in [1.165, 1.54) is 49.8 Å². The molecule has 0 bridgehead atoms. The molecule has 3 heterocycles. The summed E-state index contributed by atoms with van der Waals surface area (Å²) in [6, 6.07) is 12.8. The maximum Gasteiger partial charge on any atom is 0.235 e. The number of benzene rings is 2. The third-order valence-electron chi connectivity index (χ3n) is 9.61. The van der Waals surface area contributed by atoms with Gasteiger partial charge in [-0.1, -0.05) is 34.1 Å². The predicted molar refractivity (Wildman–Crippen MR) is 164 cm³/mol. The molecule has 3 aromatic rings. The van der Waals surface area contributed by atoms with Crippen LogP contribution in [0.25, 0.3) is 10.9 Å². The molecule has 1 aromatic heterocycles. The first-order valence-corrected chi connectivity index (χ1v) is 16.1. The van der Waals surface area contributed by atoms with Crippen molar-refractivity contribution in [1.29, 1.82) is 0 Å². The van der Waals surface area contributed by atoms with Gasteiger partial charge in [0.2, 0.25) is 11.8 Å². The number of carbonyl (C=O) groups is 2. The maximum atomic E-state index is 12.5. The van der Waals surface area contributed by atoms with Crippen molar-refractivity contribution in [3.05, 3.63) is 57.7 Å². The molecule has 2 aromatic carbocycles. The monoisotopic (exact) mass is 620 g/mol. The molecular formula is C33H41BrN4O3. The smallest absolute Gasteiger partial charge is 0.235 e. The molecule has 2 saturated heterocycles. The number of amides is 2. The molecule has 8 heteroatoms. The van der Waals surface area contributed by atoms with Crippen LogP contribution in [-0.2, 0) is 16.6 Å². The van der Waals surface area contributed by atoms with Crippen LogP contribution in [0.3, 0.4) is 0 Å². The van der Waals surface area contributed by atoms with Gasteiger partial charge in [0, 0.05) is 35.4 Å². The Kier molecular flexibility index (Phi) is 8.50. The van der Waals surface area contributed by atoms with Crippen LogP contribution in [-0.4, -0.2) is 52.2 Å². The van der Waals surface area contributed by atoms with Gasteiger partial charge in [0.1, 0.15) is 5.75 Å². The molecule has 7 nitrogen and oxygen atoms in total. The molecule has 2 amide bonds. The highest BCUT2D eigenvalue weighted by Crippen LogP contribution is 2.36. The average molecular weight is 622 g/mol. The Morgan fingerprint density at radius 1 is 1.07 bits per heavy atom. The molecule has 1 N–H and O–H groups in total. The third kappa shape index (κ3) is 6.24. The minimum atomic E-state index is -0.359. The van der Waals surface area contributed by atoms with E-state index in [0.717, 1.165) is 58.7 Å².